The van der Waals surface area contributed by atoms with E-state index in [2.05, 4.69) is 240 Å². The molecule has 0 fully saturated rings. The fraction of sp³-hybridized carbons (Fsp3) is 0. The van der Waals surface area contributed by atoms with Crippen LogP contribution < -0.4 is 4.90 Å². The zero-order valence-electron chi connectivity index (χ0n) is 34.4. The van der Waals surface area contributed by atoms with Gasteiger partial charge in [0.1, 0.15) is 11.2 Å². The molecule has 0 unspecified atom stereocenters. The predicted octanol–water partition coefficient (Wildman–Crippen LogP) is 16.8. The van der Waals surface area contributed by atoms with Crippen molar-refractivity contribution >= 4 is 60.8 Å². The van der Waals surface area contributed by atoms with Gasteiger partial charge in [0.2, 0.25) is 0 Å². The Labute approximate surface area is 366 Å². The zero-order valence-corrected chi connectivity index (χ0v) is 34.4. The summed E-state index contributed by atoms with van der Waals surface area (Å²) in [6, 6.07) is 87.1. The summed E-state index contributed by atoms with van der Waals surface area (Å²) in [5.41, 5.74) is 17.8. The van der Waals surface area contributed by atoms with E-state index in [1.807, 2.05) is 12.1 Å². The van der Waals surface area contributed by atoms with Gasteiger partial charge in [0.15, 0.2) is 0 Å². The smallest absolute Gasteiger partial charge is 0.143 e. The van der Waals surface area contributed by atoms with Crippen LogP contribution in [0.15, 0.2) is 247 Å². The second-order valence-corrected chi connectivity index (χ2v) is 16.1. The predicted molar refractivity (Wildman–Crippen MR) is 264 cm³/mol. The van der Waals surface area contributed by atoms with Crippen molar-refractivity contribution in [3.63, 3.8) is 0 Å². The molecule has 10 aromatic carbocycles. The Hall–Kier alpha value is -8.40. The monoisotopic (exact) mass is 804 g/mol. The number of aromatic nitrogens is 1. The SMILES string of the molecule is c1ccc(-c2cc(-c3ccccc3)cc(-c3ccc(N(c4ccc(-c5cccc6c5oc5ccccc56)cc4)c4ccc(-n5c6ccccc6c6ccccc65)cc4)cc3)c2)cc1. The molecule has 3 nitrogen and oxygen atoms in total. The number of hydrogen-bond acceptors (Lipinski definition) is 2. The second-order valence-electron chi connectivity index (χ2n) is 16.1. The molecular formula is C60H40N2O. The van der Waals surface area contributed by atoms with Gasteiger partial charge in [-0.2, -0.15) is 0 Å². The highest BCUT2D eigenvalue weighted by Gasteiger charge is 2.18. The maximum atomic E-state index is 6.45. The summed E-state index contributed by atoms with van der Waals surface area (Å²) in [6.07, 6.45) is 0. The van der Waals surface area contributed by atoms with Crippen molar-refractivity contribution in [2.75, 3.05) is 4.90 Å². The molecule has 0 aliphatic heterocycles. The molecule has 2 aromatic heterocycles. The van der Waals surface area contributed by atoms with Crippen LogP contribution in [-0.4, -0.2) is 4.57 Å². The molecule has 0 aliphatic rings. The summed E-state index contributed by atoms with van der Waals surface area (Å²) >= 11 is 0. The Bertz CT molecular complexity index is 3470. The molecular weight excluding hydrogens is 765 g/mol. The van der Waals surface area contributed by atoms with Gasteiger partial charge in [-0.05, 0) is 124 Å². The molecule has 0 spiro atoms. The maximum Gasteiger partial charge on any atom is 0.143 e. The van der Waals surface area contributed by atoms with Gasteiger partial charge in [-0.3, -0.25) is 0 Å². The Morgan fingerprint density at radius 3 is 1.29 bits per heavy atom. The summed E-state index contributed by atoms with van der Waals surface area (Å²) in [7, 11) is 0. The Balaban J connectivity index is 0.962. The first-order valence-corrected chi connectivity index (χ1v) is 21.5. The molecule has 0 radical (unpaired) electrons. The molecule has 12 rings (SSSR count). The summed E-state index contributed by atoms with van der Waals surface area (Å²) in [5, 5.41) is 4.76. The second kappa shape index (κ2) is 15.3. The van der Waals surface area contributed by atoms with Gasteiger partial charge in [-0.25, -0.2) is 0 Å². The molecule has 0 saturated carbocycles. The van der Waals surface area contributed by atoms with Crippen LogP contribution in [0.5, 0.6) is 0 Å². The summed E-state index contributed by atoms with van der Waals surface area (Å²) in [6.45, 7) is 0. The maximum absolute atomic E-state index is 6.45. The van der Waals surface area contributed by atoms with Crippen molar-refractivity contribution in [3.05, 3.63) is 243 Å². The number of para-hydroxylation sites is 4. The zero-order chi connectivity index (χ0) is 41.7. The molecule has 296 valence electrons. The standard InChI is InChI=1S/C60H40N2O/c1-3-14-41(15-4-1)45-38-46(42-16-5-2-6-17-42)40-47(39-45)43-26-30-48(31-27-43)61(49-32-28-44(29-33-49)52-21-13-22-56-55-20-9-12-25-59(55)63-60(52)56)50-34-36-51(37-35-50)62-57-23-10-7-18-53(57)54-19-8-11-24-58(54)62/h1-40H. The topological polar surface area (TPSA) is 21.3 Å². The lowest BCUT2D eigenvalue weighted by Gasteiger charge is -2.26. The third kappa shape index (κ3) is 6.46. The Morgan fingerprint density at radius 1 is 0.302 bits per heavy atom. The molecule has 0 atom stereocenters. The third-order valence-corrected chi connectivity index (χ3v) is 12.4. The van der Waals surface area contributed by atoms with E-state index in [1.165, 1.54) is 49.6 Å². The van der Waals surface area contributed by atoms with Crippen molar-refractivity contribution in [1.82, 2.24) is 4.57 Å². The molecule has 3 heteroatoms. The minimum absolute atomic E-state index is 0.902. The first-order valence-electron chi connectivity index (χ1n) is 21.5. The van der Waals surface area contributed by atoms with Gasteiger partial charge >= 0.3 is 0 Å². The van der Waals surface area contributed by atoms with Crippen LogP contribution >= 0.6 is 0 Å². The number of furan rings is 1. The van der Waals surface area contributed by atoms with Crippen LogP contribution in [-0.2, 0) is 0 Å². The summed E-state index contributed by atoms with van der Waals surface area (Å²) < 4.78 is 8.82. The number of fused-ring (bicyclic) bond motifs is 6. The van der Waals surface area contributed by atoms with Crippen LogP contribution in [0.25, 0.3) is 93.9 Å². The summed E-state index contributed by atoms with van der Waals surface area (Å²) in [5.74, 6) is 0. The van der Waals surface area contributed by atoms with Gasteiger partial charge in [0, 0.05) is 49.9 Å². The molecule has 63 heavy (non-hydrogen) atoms. The van der Waals surface area contributed by atoms with Gasteiger partial charge < -0.3 is 13.9 Å². The lowest BCUT2D eigenvalue weighted by atomic mass is 9.93. The van der Waals surface area contributed by atoms with E-state index in [-0.39, 0.29) is 0 Å². The highest BCUT2D eigenvalue weighted by atomic mass is 16.3. The van der Waals surface area contributed by atoms with Gasteiger partial charge in [-0.15, -0.1) is 0 Å². The van der Waals surface area contributed by atoms with Gasteiger partial charge in [0.25, 0.3) is 0 Å². The van der Waals surface area contributed by atoms with Crippen molar-refractivity contribution < 1.29 is 4.42 Å². The number of benzene rings is 10. The van der Waals surface area contributed by atoms with Crippen molar-refractivity contribution in [2.24, 2.45) is 0 Å². The highest BCUT2D eigenvalue weighted by Crippen LogP contribution is 2.41. The lowest BCUT2D eigenvalue weighted by Crippen LogP contribution is -2.10. The first kappa shape index (κ1) is 36.5. The minimum atomic E-state index is 0.902. The largest absolute Gasteiger partial charge is 0.455 e. The van der Waals surface area contributed by atoms with Crippen LogP contribution in [0.4, 0.5) is 17.1 Å². The van der Waals surface area contributed by atoms with E-state index in [4.69, 9.17) is 4.42 Å². The van der Waals surface area contributed by atoms with E-state index in [9.17, 15) is 0 Å². The van der Waals surface area contributed by atoms with Crippen LogP contribution in [0.1, 0.15) is 0 Å². The van der Waals surface area contributed by atoms with Crippen LogP contribution in [0.2, 0.25) is 0 Å². The Morgan fingerprint density at radius 2 is 0.730 bits per heavy atom. The molecule has 12 aromatic rings. The average Bonchev–Trinajstić information content (AvgIpc) is 3.91. The fourth-order valence-corrected chi connectivity index (χ4v) is 9.36. The number of rotatable bonds is 8. The molecule has 2 heterocycles. The molecule has 0 bridgehead atoms. The van der Waals surface area contributed by atoms with E-state index in [1.54, 1.807) is 0 Å². The minimum Gasteiger partial charge on any atom is -0.455 e. The van der Waals surface area contributed by atoms with E-state index in [0.717, 1.165) is 61.4 Å². The highest BCUT2D eigenvalue weighted by molar-refractivity contribution is 6.10. The summed E-state index contributed by atoms with van der Waals surface area (Å²) in [4.78, 5) is 2.35. The van der Waals surface area contributed by atoms with E-state index >= 15 is 0 Å². The number of anilines is 3. The lowest BCUT2D eigenvalue weighted by molar-refractivity contribution is 0.670. The van der Waals surface area contributed by atoms with Crippen LogP contribution in [0, 0.1) is 0 Å². The average molecular weight is 805 g/mol. The van der Waals surface area contributed by atoms with Crippen molar-refractivity contribution in [2.45, 2.75) is 0 Å². The number of nitrogens with zero attached hydrogens (tertiary/aromatic N) is 2. The van der Waals surface area contributed by atoms with E-state index in [0.29, 0.717) is 0 Å². The quantitative estimate of drug-likeness (QED) is 0.153. The molecule has 0 amide bonds. The molecule has 0 aliphatic carbocycles. The first-order chi connectivity index (χ1) is 31.2. The van der Waals surface area contributed by atoms with Gasteiger partial charge in [0.05, 0.1) is 11.0 Å². The van der Waals surface area contributed by atoms with Crippen LogP contribution in [0.3, 0.4) is 0 Å². The van der Waals surface area contributed by atoms with Gasteiger partial charge in [-0.1, -0.05) is 158 Å². The molecule has 0 N–H and O–H groups in total. The number of hydrogen-bond donors (Lipinski definition) is 0. The third-order valence-electron chi connectivity index (χ3n) is 12.4. The fourth-order valence-electron chi connectivity index (χ4n) is 9.36. The van der Waals surface area contributed by atoms with Crippen molar-refractivity contribution in [1.29, 1.82) is 0 Å². The Kier molecular flexibility index (Phi) is 8.83. The normalized spacial score (nSPS) is 11.5. The molecule has 0 saturated heterocycles. The van der Waals surface area contributed by atoms with E-state index < -0.39 is 0 Å². The van der Waals surface area contributed by atoms with Crippen molar-refractivity contribution in [3.8, 4) is 50.2 Å².